The number of amides is 1. The molecule has 0 fully saturated rings. The number of rotatable bonds is 11. The van der Waals surface area contributed by atoms with Crippen LogP contribution in [0.3, 0.4) is 0 Å². The zero-order valence-electron chi connectivity index (χ0n) is 18.7. The number of nitrogens with one attached hydrogen (secondary N) is 2. The first-order valence-corrected chi connectivity index (χ1v) is 10.9. The molecule has 2 N–H and O–H groups in total. The molecule has 1 amide bonds. The quantitative estimate of drug-likeness (QED) is 0.546. The summed E-state index contributed by atoms with van der Waals surface area (Å²) in [5, 5.41) is 6.18. The Morgan fingerprint density at radius 3 is 2.53 bits per heavy atom. The Balaban J connectivity index is 2.16. The molecule has 1 heterocycles. The molecule has 0 bridgehead atoms. The van der Waals surface area contributed by atoms with Crippen molar-refractivity contribution >= 4 is 11.9 Å². The summed E-state index contributed by atoms with van der Waals surface area (Å²) in [5.41, 5.74) is 3.66. The monoisotopic (exact) mass is 413 g/mol. The van der Waals surface area contributed by atoms with Crippen LogP contribution in [0.1, 0.15) is 46.1 Å². The molecule has 1 aliphatic rings. The maximum Gasteiger partial charge on any atom is 0.319 e. The molecule has 1 aromatic carbocycles. The van der Waals surface area contributed by atoms with Gasteiger partial charge in [0.25, 0.3) is 0 Å². The van der Waals surface area contributed by atoms with Crippen LogP contribution in [-0.2, 0) is 20.7 Å². The molecule has 0 aliphatic carbocycles. The fraction of sp³-hybridized carbons (Fsp3) is 0.500. The third kappa shape index (κ3) is 7.02. The van der Waals surface area contributed by atoms with Gasteiger partial charge in [0.15, 0.2) is 0 Å². The highest BCUT2D eigenvalue weighted by Gasteiger charge is 2.24. The minimum Gasteiger partial charge on any atom is -0.465 e. The first kappa shape index (κ1) is 23.7. The Labute approximate surface area is 180 Å². The van der Waals surface area contributed by atoms with Crippen LogP contribution in [0.25, 0.3) is 0 Å². The molecule has 164 valence electrons. The third-order valence-corrected chi connectivity index (χ3v) is 5.18. The topological polar surface area (TPSA) is 70.7 Å². The number of carbonyl (C=O) groups excluding carboxylic acids is 2. The number of ether oxygens (including phenoxy) is 1. The first-order valence-electron chi connectivity index (χ1n) is 10.9. The fourth-order valence-electron chi connectivity index (χ4n) is 3.54. The van der Waals surface area contributed by atoms with Crippen molar-refractivity contribution in [1.82, 2.24) is 15.5 Å². The summed E-state index contributed by atoms with van der Waals surface area (Å²) in [5.74, 6) is 0.315. The molecule has 0 saturated carbocycles. The molecule has 0 radical (unpaired) electrons. The molecule has 1 unspecified atom stereocenters. The number of allylic oxidation sites excluding steroid dienone is 2. The Kier molecular flexibility index (Phi) is 9.61. The molecule has 6 nitrogen and oxygen atoms in total. The highest BCUT2D eigenvalue weighted by molar-refractivity contribution is 5.84. The van der Waals surface area contributed by atoms with E-state index in [4.69, 9.17) is 4.74 Å². The number of esters is 1. The average Bonchev–Trinajstić information content (AvgIpc) is 2.74. The third-order valence-electron chi connectivity index (χ3n) is 5.18. The molecular weight excluding hydrogens is 378 g/mol. The van der Waals surface area contributed by atoms with Gasteiger partial charge in [-0.15, -0.1) is 0 Å². The van der Waals surface area contributed by atoms with Crippen LogP contribution in [0.5, 0.6) is 0 Å². The summed E-state index contributed by atoms with van der Waals surface area (Å²) in [6.45, 7) is 10.1. The van der Waals surface area contributed by atoms with Crippen molar-refractivity contribution < 1.29 is 14.3 Å². The maximum atomic E-state index is 13.2. The molecule has 6 heteroatoms. The minimum atomic E-state index is -0.543. The molecule has 0 spiro atoms. The molecule has 0 aromatic heterocycles. The molecule has 30 heavy (non-hydrogen) atoms. The van der Waals surface area contributed by atoms with E-state index in [9.17, 15) is 9.59 Å². The first-order chi connectivity index (χ1) is 14.5. The number of likely N-dealkylation sites (N-methyl/N-ethyl adjacent to an activating group) is 1. The summed E-state index contributed by atoms with van der Waals surface area (Å²) in [6, 6.07) is 9.26. The lowest BCUT2D eigenvalue weighted by Crippen LogP contribution is -2.49. The van der Waals surface area contributed by atoms with E-state index >= 15 is 0 Å². The van der Waals surface area contributed by atoms with Crippen LogP contribution in [-0.4, -0.2) is 49.1 Å². The highest BCUT2D eigenvalue weighted by Crippen LogP contribution is 2.22. The number of hydrogen-bond acceptors (Lipinski definition) is 5. The summed E-state index contributed by atoms with van der Waals surface area (Å²) in [7, 11) is 0. The van der Waals surface area contributed by atoms with E-state index in [1.54, 1.807) is 6.92 Å². The van der Waals surface area contributed by atoms with Crippen molar-refractivity contribution in [2.45, 2.75) is 53.0 Å². The lowest BCUT2D eigenvalue weighted by atomic mass is 10.0. The van der Waals surface area contributed by atoms with Crippen LogP contribution in [0, 0.1) is 0 Å². The van der Waals surface area contributed by atoms with Crippen molar-refractivity contribution in [2.24, 2.45) is 0 Å². The minimum absolute atomic E-state index is 0.00457. The molecule has 1 aromatic rings. The molecule has 1 aliphatic heterocycles. The second-order valence-electron chi connectivity index (χ2n) is 7.52. The van der Waals surface area contributed by atoms with E-state index in [1.807, 2.05) is 30.3 Å². The van der Waals surface area contributed by atoms with Gasteiger partial charge in [0, 0.05) is 13.1 Å². The van der Waals surface area contributed by atoms with E-state index in [1.165, 1.54) is 11.1 Å². The van der Waals surface area contributed by atoms with Crippen LogP contribution in [0.15, 0.2) is 53.4 Å². The average molecular weight is 414 g/mol. The van der Waals surface area contributed by atoms with Gasteiger partial charge in [-0.2, -0.15) is 0 Å². The SMILES string of the molecule is CCCC1=C(C)CN(CC)C(NC(=O)C(Cc2ccccc2)NCC(=O)OCC)=C1. The van der Waals surface area contributed by atoms with Gasteiger partial charge in [-0.25, -0.2) is 0 Å². The molecule has 1 atom stereocenters. The van der Waals surface area contributed by atoms with E-state index in [2.05, 4.69) is 42.4 Å². The smallest absolute Gasteiger partial charge is 0.319 e. The largest absolute Gasteiger partial charge is 0.465 e. The van der Waals surface area contributed by atoms with Gasteiger partial charge in [-0.05, 0) is 50.8 Å². The number of carbonyl (C=O) groups is 2. The molecular formula is C24H35N3O3. The Bertz CT molecular complexity index is 771. The van der Waals surface area contributed by atoms with Crippen LogP contribution >= 0.6 is 0 Å². The van der Waals surface area contributed by atoms with Gasteiger partial charge < -0.3 is 15.0 Å². The predicted octanol–water partition coefficient (Wildman–Crippen LogP) is 3.16. The van der Waals surface area contributed by atoms with Crippen LogP contribution in [0.2, 0.25) is 0 Å². The van der Waals surface area contributed by atoms with Crippen molar-refractivity contribution in [2.75, 3.05) is 26.2 Å². The lowest BCUT2D eigenvalue weighted by Gasteiger charge is -2.32. The van der Waals surface area contributed by atoms with E-state index in [0.717, 1.165) is 37.3 Å². The highest BCUT2D eigenvalue weighted by atomic mass is 16.5. The van der Waals surface area contributed by atoms with Crippen molar-refractivity contribution in [3.8, 4) is 0 Å². The van der Waals surface area contributed by atoms with Crippen LogP contribution < -0.4 is 10.6 Å². The van der Waals surface area contributed by atoms with Crippen molar-refractivity contribution in [3.05, 3.63) is 58.9 Å². The van der Waals surface area contributed by atoms with E-state index in [0.29, 0.717) is 13.0 Å². The summed E-state index contributed by atoms with van der Waals surface area (Å²) >= 11 is 0. The van der Waals surface area contributed by atoms with Crippen molar-refractivity contribution in [3.63, 3.8) is 0 Å². The summed E-state index contributed by atoms with van der Waals surface area (Å²) in [6.07, 6.45) is 4.64. The van der Waals surface area contributed by atoms with Gasteiger partial charge in [0.2, 0.25) is 5.91 Å². The molecule has 2 rings (SSSR count). The second kappa shape index (κ2) is 12.2. The van der Waals surface area contributed by atoms with E-state index in [-0.39, 0.29) is 18.4 Å². The van der Waals surface area contributed by atoms with Crippen LogP contribution in [0.4, 0.5) is 0 Å². The Hall–Kier alpha value is -2.60. The summed E-state index contributed by atoms with van der Waals surface area (Å²) < 4.78 is 5.00. The predicted molar refractivity (Wildman–Crippen MR) is 120 cm³/mol. The fourth-order valence-corrected chi connectivity index (χ4v) is 3.54. The van der Waals surface area contributed by atoms with E-state index < -0.39 is 6.04 Å². The van der Waals surface area contributed by atoms with Gasteiger partial charge >= 0.3 is 5.97 Å². The van der Waals surface area contributed by atoms with Gasteiger partial charge in [-0.3, -0.25) is 14.9 Å². The number of hydrogen-bond donors (Lipinski definition) is 2. The lowest BCUT2D eigenvalue weighted by molar-refractivity contribution is -0.142. The zero-order chi connectivity index (χ0) is 21.9. The Morgan fingerprint density at radius 1 is 1.17 bits per heavy atom. The summed E-state index contributed by atoms with van der Waals surface area (Å²) in [4.78, 5) is 27.2. The zero-order valence-corrected chi connectivity index (χ0v) is 18.7. The van der Waals surface area contributed by atoms with Crippen molar-refractivity contribution in [1.29, 1.82) is 0 Å². The second-order valence-corrected chi connectivity index (χ2v) is 7.52. The maximum absolute atomic E-state index is 13.2. The van der Waals surface area contributed by atoms with Gasteiger partial charge in [0.1, 0.15) is 5.82 Å². The number of nitrogens with zero attached hydrogens (tertiary/aromatic N) is 1. The van der Waals surface area contributed by atoms with Gasteiger partial charge in [-0.1, -0.05) is 49.2 Å². The van der Waals surface area contributed by atoms with Gasteiger partial charge in [0.05, 0.1) is 19.2 Å². The standard InChI is InChI=1S/C24H35N3O3/c1-5-11-20-15-22(27(6-2)17-18(20)4)26-24(29)21(25-16-23(28)30-7-3)14-19-12-9-8-10-13-19/h8-10,12-13,15,21,25H,5-7,11,14,16-17H2,1-4H3,(H,26,29). The number of benzene rings is 1. The molecule has 0 saturated heterocycles. The normalized spacial score (nSPS) is 14.9. The Morgan fingerprint density at radius 2 is 1.90 bits per heavy atom.